The molecular weight excluding hydrogens is 436 g/mol. The molecule has 0 spiro atoms. The second-order valence-corrected chi connectivity index (χ2v) is 8.66. The molecule has 0 radical (unpaired) electrons. The number of nitrogens with zero attached hydrogens (tertiary/aromatic N) is 1. The molecule has 176 valence electrons. The number of pyridine rings is 1. The van der Waals surface area contributed by atoms with Crippen LogP contribution in [0.4, 0.5) is 18.0 Å². The second-order valence-electron chi connectivity index (χ2n) is 8.66. The molecule has 2 aromatic rings. The van der Waals surface area contributed by atoms with Crippen molar-refractivity contribution in [3.8, 4) is 0 Å². The van der Waals surface area contributed by atoms with Crippen LogP contribution in [0.5, 0.6) is 0 Å². The van der Waals surface area contributed by atoms with Gasteiger partial charge in [0.15, 0.2) is 0 Å². The van der Waals surface area contributed by atoms with Crippen LogP contribution in [0.1, 0.15) is 44.5 Å². The lowest BCUT2D eigenvalue weighted by molar-refractivity contribution is -0.138. The van der Waals surface area contributed by atoms with Gasteiger partial charge in [0.2, 0.25) is 0 Å². The maximum Gasteiger partial charge on any atom is 0.492 e. The normalized spacial score (nSPS) is 17.7. The number of carbonyl (C=O) groups excluding carboxylic acids is 1. The van der Waals surface area contributed by atoms with Crippen molar-refractivity contribution in [2.75, 3.05) is 6.54 Å². The molecule has 10 heteroatoms. The maximum absolute atomic E-state index is 13.5. The fourth-order valence-corrected chi connectivity index (χ4v) is 3.09. The quantitative estimate of drug-likeness (QED) is 0.610. The first-order valence-corrected chi connectivity index (χ1v) is 10.4. The van der Waals surface area contributed by atoms with Crippen LogP contribution in [-0.2, 0) is 26.8 Å². The van der Waals surface area contributed by atoms with Gasteiger partial charge in [-0.05, 0) is 56.9 Å². The monoisotopic (exact) mass is 462 g/mol. The Bertz CT molecular complexity index is 994. The number of aromatic nitrogens is 1. The van der Waals surface area contributed by atoms with Gasteiger partial charge in [0, 0.05) is 12.7 Å². The highest BCUT2D eigenvalue weighted by atomic mass is 19.4. The van der Waals surface area contributed by atoms with Crippen LogP contribution in [0, 0.1) is 0 Å². The summed E-state index contributed by atoms with van der Waals surface area (Å²) in [7, 11) is -0.979. The van der Waals surface area contributed by atoms with E-state index in [4.69, 9.17) is 14.0 Å². The molecule has 6 nitrogen and oxygen atoms in total. The molecule has 1 aromatic heterocycles. The third-order valence-electron chi connectivity index (χ3n) is 5.67. The van der Waals surface area contributed by atoms with Crippen LogP contribution < -0.4 is 5.32 Å². The van der Waals surface area contributed by atoms with Crippen molar-refractivity contribution < 1.29 is 32.0 Å². The number of ether oxygens (including phenoxy) is 1. The summed E-state index contributed by atoms with van der Waals surface area (Å²) < 4.78 is 57.6. The molecule has 1 fully saturated rings. The van der Waals surface area contributed by atoms with E-state index in [0.717, 1.165) is 11.6 Å². The number of amides is 1. The second kappa shape index (κ2) is 9.57. The molecular formula is C23H26BF3N2O4. The SMILES string of the molecule is CC1(C)OB(C(=Cc2ncccc2C(F)(F)F)CNC(=O)OCc2ccccc2)OC1(C)C. The largest absolute Gasteiger partial charge is 0.492 e. The van der Waals surface area contributed by atoms with Crippen LogP contribution in [0.3, 0.4) is 0 Å². The topological polar surface area (TPSA) is 69.7 Å². The molecule has 1 amide bonds. The third-order valence-corrected chi connectivity index (χ3v) is 5.67. The fraction of sp³-hybridized carbons (Fsp3) is 0.391. The van der Waals surface area contributed by atoms with Crippen molar-refractivity contribution in [3.05, 3.63) is 71.0 Å². The Kier molecular flexibility index (Phi) is 7.19. The van der Waals surface area contributed by atoms with E-state index in [9.17, 15) is 18.0 Å². The van der Waals surface area contributed by atoms with Gasteiger partial charge in [-0.15, -0.1) is 0 Å². The molecule has 0 saturated carbocycles. The molecule has 0 aliphatic carbocycles. The molecule has 1 aliphatic heterocycles. The van der Waals surface area contributed by atoms with Crippen LogP contribution in [0.15, 0.2) is 54.1 Å². The highest BCUT2D eigenvalue weighted by molar-refractivity contribution is 6.56. The first-order chi connectivity index (χ1) is 15.4. The van der Waals surface area contributed by atoms with E-state index >= 15 is 0 Å². The molecule has 0 bridgehead atoms. The smallest absolute Gasteiger partial charge is 0.445 e. The summed E-state index contributed by atoms with van der Waals surface area (Å²) in [6, 6.07) is 11.3. The van der Waals surface area contributed by atoms with E-state index in [0.29, 0.717) is 0 Å². The zero-order valence-electron chi connectivity index (χ0n) is 18.9. The minimum Gasteiger partial charge on any atom is -0.445 e. The van der Waals surface area contributed by atoms with Gasteiger partial charge < -0.3 is 19.4 Å². The van der Waals surface area contributed by atoms with E-state index in [-0.39, 0.29) is 24.3 Å². The van der Waals surface area contributed by atoms with Gasteiger partial charge >= 0.3 is 19.4 Å². The zero-order valence-corrected chi connectivity index (χ0v) is 18.9. The zero-order chi connectivity index (χ0) is 24.3. The van der Waals surface area contributed by atoms with Crippen molar-refractivity contribution in [2.24, 2.45) is 0 Å². The molecule has 33 heavy (non-hydrogen) atoms. The number of nitrogens with one attached hydrogen (secondary N) is 1. The van der Waals surface area contributed by atoms with E-state index in [2.05, 4.69) is 10.3 Å². The van der Waals surface area contributed by atoms with Crippen LogP contribution in [0.2, 0.25) is 0 Å². The van der Waals surface area contributed by atoms with Crippen LogP contribution >= 0.6 is 0 Å². The lowest BCUT2D eigenvalue weighted by atomic mass is 9.77. The van der Waals surface area contributed by atoms with Crippen molar-refractivity contribution >= 4 is 19.3 Å². The highest BCUT2D eigenvalue weighted by Gasteiger charge is 2.52. The van der Waals surface area contributed by atoms with Crippen LogP contribution in [0.25, 0.3) is 6.08 Å². The molecule has 1 aliphatic rings. The number of rotatable bonds is 6. The molecule has 3 rings (SSSR count). The van der Waals surface area contributed by atoms with Gasteiger partial charge in [-0.3, -0.25) is 4.98 Å². The summed E-state index contributed by atoms with van der Waals surface area (Å²) in [5.41, 5.74) is -1.56. The number of benzene rings is 1. The minimum absolute atomic E-state index is 0.0562. The number of alkyl halides is 3. The molecule has 2 heterocycles. The molecule has 0 unspecified atom stereocenters. The maximum atomic E-state index is 13.5. The summed E-state index contributed by atoms with van der Waals surface area (Å²) >= 11 is 0. The Labute approximate surface area is 191 Å². The summed E-state index contributed by atoms with van der Waals surface area (Å²) in [6.45, 7) is 7.21. The van der Waals surface area contributed by atoms with E-state index < -0.39 is 36.2 Å². The van der Waals surface area contributed by atoms with Gasteiger partial charge in [-0.1, -0.05) is 30.3 Å². The number of alkyl carbamates (subject to hydrolysis) is 1. The predicted octanol–water partition coefficient (Wildman–Crippen LogP) is 5.04. The van der Waals surface area contributed by atoms with Crippen molar-refractivity contribution in [2.45, 2.75) is 51.7 Å². The van der Waals surface area contributed by atoms with Gasteiger partial charge in [-0.2, -0.15) is 13.2 Å². The average Bonchev–Trinajstić information content (AvgIpc) is 2.96. The standard InChI is InChI=1S/C23H26BF3N2O4/c1-21(2)22(3,4)33-24(32-21)17(13-19-18(23(25,26)27)11-8-12-28-19)14-29-20(30)31-15-16-9-6-5-7-10-16/h5-13H,14-15H2,1-4H3,(H,29,30). The van der Waals surface area contributed by atoms with E-state index in [1.54, 1.807) is 0 Å². The minimum atomic E-state index is -4.59. The molecule has 1 aromatic carbocycles. The van der Waals surface area contributed by atoms with E-state index in [1.807, 2.05) is 58.0 Å². The molecule has 1 N–H and O–H groups in total. The van der Waals surface area contributed by atoms with Gasteiger partial charge in [-0.25, -0.2) is 4.79 Å². The number of carbonyl (C=O) groups is 1. The first kappa shape index (κ1) is 24.8. The Balaban J connectivity index is 1.81. The average molecular weight is 462 g/mol. The van der Waals surface area contributed by atoms with Crippen molar-refractivity contribution in [3.63, 3.8) is 0 Å². The van der Waals surface area contributed by atoms with Crippen molar-refractivity contribution in [1.29, 1.82) is 0 Å². The predicted molar refractivity (Wildman–Crippen MR) is 118 cm³/mol. The Morgan fingerprint density at radius 3 is 2.33 bits per heavy atom. The number of halogens is 3. The summed E-state index contributed by atoms with van der Waals surface area (Å²) in [5, 5.41) is 2.56. The van der Waals surface area contributed by atoms with Crippen LogP contribution in [-0.4, -0.2) is 35.9 Å². The van der Waals surface area contributed by atoms with Gasteiger partial charge in [0.25, 0.3) is 0 Å². The lowest BCUT2D eigenvalue weighted by Gasteiger charge is -2.32. The Hall–Kier alpha value is -2.85. The summed E-state index contributed by atoms with van der Waals surface area (Å²) in [5.74, 6) is 0. The summed E-state index contributed by atoms with van der Waals surface area (Å²) in [6.07, 6.45) is -2.81. The van der Waals surface area contributed by atoms with Gasteiger partial charge in [0.1, 0.15) is 6.61 Å². The Morgan fingerprint density at radius 2 is 1.73 bits per heavy atom. The summed E-state index contributed by atoms with van der Waals surface area (Å²) in [4.78, 5) is 16.1. The lowest BCUT2D eigenvalue weighted by Crippen LogP contribution is -2.41. The molecule has 1 saturated heterocycles. The molecule has 0 atom stereocenters. The number of hydrogen-bond acceptors (Lipinski definition) is 5. The Morgan fingerprint density at radius 1 is 1.09 bits per heavy atom. The van der Waals surface area contributed by atoms with Crippen molar-refractivity contribution in [1.82, 2.24) is 10.3 Å². The fourth-order valence-electron chi connectivity index (χ4n) is 3.09. The van der Waals surface area contributed by atoms with E-state index in [1.165, 1.54) is 18.3 Å². The third kappa shape index (κ3) is 6.14. The highest BCUT2D eigenvalue weighted by Crippen LogP contribution is 2.39. The first-order valence-electron chi connectivity index (χ1n) is 10.4. The number of hydrogen-bond donors (Lipinski definition) is 1. The van der Waals surface area contributed by atoms with Gasteiger partial charge in [0.05, 0.1) is 22.5 Å².